The first-order valence-electron chi connectivity index (χ1n) is 9.98. The van der Waals surface area contributed by atoms with E-state index < -0.39 is 0 Å². The van der Waals surface area contributed by atoms with E-state index in [-0.39, 0.29) is 0 Å². The summed E-state index contributed by atoms with van der Waals surface area (Å²) < 4.78 is 1.64. The number of guanidine groups is 1. The van der Waals surface area contributed by atoms with Gasteiger partial charge in [-0.25, -0.2) is 4.68 Å². The van der Waals surface area contributed by atoms with Crippen molar-refractivity contribution in [3.05, 3.63) is 41.6 Å². The molecule has 4 N–H and O–H groups in total. The Morgan fingerprint density at radius 2 is 1.86 bits per heavy atom. The Morgan fingerprint density at radius 3 is 2.50 bits per heavy atom. The topological polar surface area (TPSA) is 104 Å². The number of nitrogens with zero attached hydrogens (tertiary/aromatic N) is 4. The molecule has 2 aromatic rings. The van der Waals surface area contributed by atoms with Crippen LogP contribution in [0.3, 0.4) is 0 Å². The van der Waals surface area contributed by atoms with Crippen LogP contribution in [0.4, 0.5) is 5.82 Å². The monoisotopic (exact) mass is 381 g/mol. The van der Waals surface area contributed by atoms with E-state index in [0.717, 1.165) is 43.3 Å². The van der Waals surface area contributed by atoms with E-state index in [0.29, 0.717) is 17.8 Å². The molecule has 0 radical (unpaired) electrons. The third-order valence-electron chi connectivity index (χ3n) is 4.54. The van der Waals surface area contributed by atoms with Gasteiger partial charge in [-0.3, -0.25) is 4.99 Å². The van der Waals surface area contributed by atoms with Gasteiger partial charge in [-0.2, -0.15) is 10.4 Å². The van der Waals surface area contributed by atoms with E-state index in [4.69, 9.17) is 5.73 Å². The Morgan fingerprint density at radius 1 is 1.14 bits per heavy atom. The van der Waals surface area contributed by atoms with Crippen molar-refractivity contribution in [1.29, 1.82) is 5.26 Å². The van der Waals surface area contributed by atoms with E-state index >= 15 is 0 Å². The van der Waals surface area contributed by atoms with Gasteiger partial charge >= 0.3 is 0 Å². The molecule has 0 bridgehead atoms. The first kappa shape index (κ1) is 21.3. The smallest absolute Gasteiger partial charge is 0.190 e. The number of nitrogens with one attached hydrogen (secondary N) is 2. The second kappa shape index (κ2) is 11.7. The van der Waals surface area contributed by atoms with Crippen LogP contribution in [0.15, 0.2) is 35.3 Å². The summed E-state index contributed by atoms with van der Waals surface area (Å²) in [6, 6.07) is 11.8. The second-order valence-corrected chi connectivity index (χ2v) is 6.66. The molecule has 2 rings (SSSR count). The number of nitriles is 1. The molecule has 0 amide bonds. The highest BCUT2D eigenvalue weighted by Crippen LogP contribution is 2.21. The van der Waals surface area contributed by atoms with Crippen LogP contribution >= 0.6 is 0 Å². The molecule has 0 unspecified atom stereocenters. The summed E-state index contributed by atoms with van der Waals surface area (Å²) in [4.78, 5) is 4.24. The van der Waals surface area contributed by atoms with E-state index in [1.54, 1.807) is 11.7 Å². The Labute approximate surface area is 167 Å². The maximum absolute atomic E-state index is 9.47. The molecule has 0 aliphatic rings. The zero-order valence-electron chi connectivity index (χ0n) is 16.9. The zero-order chi connectivity index (χ0) is 20.2. The minimum atomic E-state index is 0.390. The lowest BCUT2D eigenvalue weighted by Crippen LogP contribution is -2.38. The lowest BCUT2D eigenvalue weighted by Gasteiger charge is -2.11. The fourth-order valence-corrected chi connectivity index (χ4v) is 2.98. The molecule has 0 aliphatic carbocycles. The number of aryl methyl sites for hydroxylation is 1. The van der Waals surface area contributed by atoms with Crippen LogP contribution in [0.25, 0.3) is 5.69 Å². The number of unbranched alkanes of at least 4 members (excludes halogenated alkanes) is 3. The van der Waals surface area contributed by atoms with Crippen molar-refractivity contribution in [2.45, 2.75) is 45.4 Å². The molecule has 28 heavy (non-hydrogen) atoms. The molecule has 1 aromatic heterocycles. The van der Waals surface area contributed by atoms with Crippen molar-refractivity contribution in [1.82, 2.24) is 20.4 Å². The van der Waals surface area contributed by atoms with Crippen molar-refractivity contribution in [3.8, 4) is 11.8 Å². The van der Waals surface area contributed by atoms with Crippen LogP contribution in [-0.2, 0) is 6.42 Å². The quantitative estimate of drug-likeness (QED) is 0.333. The number of para-hydroxylation sites is 1. The molecule has 0 aliphatic heterocycles. The van der Waals surface area contributed by atoms with Gasteiger partial charge in [-0.05, 0) is 31.4 Å². The fraction of sp³-hybridized carbons (Fsp3) is 0.476. The van der Waals surface area contributed by atoms with Crippen LogP contribution in [0.5, 0.6) is 0 Å². The number of rotatable bonds is 10. The van der Waals surface area contributed by atoms with Crippen LogP contribution < -0.4 is 16.4 Å². The van der Waals surface area contributed by atoms with E-state index in [2.05, 4.69) is 33.7 Å². The molecule has 7 heteroatoms. The number of hydrogen-bond donors (Lipinski definition) is 3. The highest BCUT2D eigenvalue weighted by molar-refractivity contribution is 5.79. The number of hydrogen-bond acceptors (Lipinski definition) is 4. The Bertz CT molecular complexity index is 787. The summed E-state index contributed by atoms with van der Waals surface area (Å²) in [5.74, 6) is 1.20. The zero-order valence-corrected chi connectivity index (χ0v) is 16.9. The van der Waals surface area contributed by atoms with E-state index in [9.17, 15) is 5.26 Å². The third-order valence-corrected chi connectivity index (χ3v) is 4.54. The number of benzene rings is 1. The van der Waals surface area contributed by atoms with E-state index in [1.807, 2.05) is 30.3 Å². The molecular weight excluding hydrogens is 350 g/mol. The minimum absolute atomic E-state index is 0.390. The second-order valence-electron chi connectivity index (χ2n) is 6.66. The third kappa shape index (κ3) is 6.02. The van der Waals surface area contributed by atoms with Gasteiger partial charge < -0.3 is 16.4 Å². The van der Waals surface area contributed by atoms with Crippen molar-refractivity contribution in [2.75, 3.05) is 25.9 Å². The Balaban J connectivity index is 1.85. The molecule has 0 saturated heterocycles. The van der Waals surface area contributed by atoms with Gasteiger partial charge in [0.2, 0.25) is 0 Å². The van der Waals surface area contributed by atoms with Gasteiger partial charge in [-0.15, -0.1) is 0 Å². The number of aromatic nitrogens is 2. The van der Waals surface area contributed by atoms with Gasteiger partial charge in [0.05, 0.1) is 11.4 Å². The number of anilines is 1. The van der Waals surface area contributed by atoms with Crippen molar-refractivity contribution >= 4 is 11.8 Å². The number of aliphatic imine (C=N–C) groups is 1. The summed E-state index contributed by atoms with van der Waals surface area (Å²) in [6.45, 7) is 3.88. The normalized spacial score (nSPS) is 11.2. The van der Waals surface area contributed by atoms with Crippen LogP contribution in [-0.4, -0.2) is 35.9 Å². The Kier molecular flexibility index (Phi) is 8.86. The molecule has 1 heterocycles. The first-order chi connectivity index (χ1) is 13.7. The highest BCUT2D eigenvalue weighted by atomic mass is 15.3. The molecule has 150 valence electrons. The standard InChI is InChI=1S/C21H31N7/c1-3-4-5-9-14-25-21(24-2)26-15-10-13-19-18(16-22)20(23)28(27-19)17-11-7-6-8-12-17/h6-8,11-12H,3-5,9-10,13-15,23H2,1-2H3,(H2,24,25,26). The molecule has 0 saturated carbocycles. The van der Waals surface area contributed by atoms with Crippen LogP contribution in [0, 0.1) is 11.3 Å². The van der Waals surface area contributed by atoms with Gasteiger partial charge in [0, 0.05) is 20.1 Å². The lowest BCUT2D eigenvalue weighted by atomic mass is 10.1. The summed E-state index contributed by atoms with van der Waals surface area (Å²) >= 11 is 0. The highest BCUT2D eigenvalue weighted by Gasteiger charge is 2.16. The van der Waals surface area contributed by atoms with Gasteiger partial charge in [-0.1, -0.05) is 44.4 Å². The van der Waals surface area contributed by atoms with Crippen LogP contribution in [0.1, 0.15) is 50.3 Å². The van der Waals surface area contributed by atoms with Gasteiger partial charge in [0.25, 0.3) is 0 Å². The summed E-state index contributed by atoms with van der Waals surface area (Å²) in [7, 11) is 1.78. The van der Waals surface area contributed by atoms with Crippen molar-refractivity contribution < 1.29 is 0 Å². The molecule has 0 atom stereocenters. The number of nitrogens with two attached hydrogens (primary N) is 1. The summed E-state index contributed by atoms with van der Waals surface area (Å²) in [5.41, 5.74) is 8.19. The Hall–Kier alpha value is -3.01. The maximum Gasteiger partial charge on any atom is 0.190 e. The molecule has 1 aromatic carbocycles. The predicted molar refractivity (Wildman–Crippen MR) is 115 cm³/mol. The number of nitrogen functional groups attached to an aromatic ring is 1. The largest absolute Gasteiger partial charge is 0.382 e. The molecule has 0 spiro atoms. The summed E-state index contributed by atoms with van der Waals surface area (Å²) in [5, 5.41) is 20.7. The maximum atomic E-state index is 9.47. The van der Waals surface area contributed by atoms with Crippen molar-refractivity contribution in [2.24, 2.45) is 4.99 Å². The molecule has 0 fully saturated rings. The van der Waals surface area contributed by atoms with Crippen molar-refractivity contribution in [3.63, 3.8) is 0 Å². The van der Waals surface area contributed by atoms with Gasteiger partial charge in [0.15, 0.2) is 5.96 Å². The summed E-state index contributed by atoms with van der Waals surface area (Å²) in [6.07, 6.45) is 6.40. The lowest BCUT2D eigenvalue weighted by molar-refractivity contribution is 0.644. The first-order valence-corrected chi connectivity index (χ1v) is 9.98. The fourth-order valence-electron chi connectivity index (χ4n) is 2.98. The molecular formula is C21H31N7. The van der Waals surface area contributed by atoms with Crippen LogP contribution in [0.2, 0.25) is 0 Å². The average Bonchev–Trinajstić information content (AvgIpc) is 3.05. The average molecular weight is 382 g/mol. The minimum Gasteiger partial charge on any atom is -0.382 e. The predicted octanol–water partition coefficient (Wildman–Crippen LogP) is 3.00. The van der Waals surface area contributed by atoms with Gasteiger partial charge in [0.1, 0.15) is 17.5 Å². The SMILES string of the molecule is CCCCCCNC(=NC)NCCCc1nn(-c2ccccc2)c(N)c1C#N. The van der Waals surface area contributed by atoms with E-state index in [1.165, 1.54) is 19.3 Å². The molecule has 7 nitrogen and oxygen atoms in total.